The summed E-state index contributed by atoms with van der Waals surface area (Å²) in [4.78, 5) is 29.6. The molecule has 3 rings (SSSR count). The zero-order valence-electron chi connectivity index (χ0n) is 17.2. The lowest BCUT2D eigenvalue weighted by atomic mass is 9.79. The normalized spacial score (nSPS) is 20.0. The number of ether oxygens (including phenoxy) is 2. The standard InChI is InChI=1S/C23H29NO4/c1-23(2,3)28-22(26)16-7-5-15(6-8-16)13-21(25)18-11-12-24-20-10-9-17(27-4)14-19(18)20/h9-12,14-16H,5-8,13H2,1-4H3. The molecule has 0 aliphatic heterocycles. The van der Waals surface area contributed by atoms with E-state index in [4.69, 9.17) is 9.47 Å². The Morgan fingerprint density at radius 2 is 1.82 bits per heavy atom. The maximum atomic E-state index is 13.0. The summed E-state index contributed by atoms with van der Waals surface area (Å²) in [5, 5.41) is 0.828. The van der Waals surface area contributed by atoms with Crippen LogP contribution < -0.4 is 4.74 Å². The molecule has 0 atom stereocenters. The largest absolute Gasteiger partial charge is 0.497 e. The van der Waals surface area contributed by atoms with Gasteiger partial charge in [0.15, 0.2) is 5.78 Å². The molecule has 5 nitrogen and oxygen atoms in total. The first kappa shape index (κ1) is 20.3. The van der Waals surface area contributed by atoms with Gasteiger partial charge in [-0.3, -0.25) is 14.6 Å². The Morgan fingerprint density at radius 1 is 1.11 bits per heavy atom. The molecule has 28 heavy (non-hydrogen) atoms. The molecule has 0 bridgehead atoms. The Morgan fingerprint density at radius 3 is 2.46 bits per heavy atom. The predicted molar refractivity (Wildman–Crippen MR) is 109 cm³/mol. The van der Waals surface area contributed by atoms with E-state index < -0.39 is 5.60 Å². The second kappa shape index (κ2) is 8.29. The van der Waals surface area contributed by atoms with Gasteiger partial charge in [-0.2, -0.15) is 0 Å². The Balaban J connectivity index is 1.64. The average molecular weight is 383 g/mol. The van der Waals surface area contributed by atoms with Crippen molar-refractivity contribution in [3.05, 3.63) is 36.0 Å². The Labute approximate surface area is 166 Å². The summed E-state index contributed by atoms with van der Waals surface area (Å²) < 4.78 is 10.8. The number of Topliss-reactive ketones (excluding diaryl/α,β-unsaturated/α-hetero) is 1. The lowest BCUT2D eigenvalue weighted by molar-refractivity contribution is -0.161. The fourth-order valence-electron chi connectivity index (χ4n) is 3.85. The van der Waals surface area contributed by atoms with Crippen LogP contribution >= 0.6 is 0 Å². The number of carbonyl (C=O) groups is 2. The topological polar surface area (TPSA) is 65.5 Å². The van der Waals surface area contributed by atoms with Crippen LogP contribution in [0.1, 0.15) is 63.2 Å². The molecule has 0 N–H and O–H groups in total. The van der Waals surface area contributed by atoms with E-state index in [1.165, 1.54) is 0 Å². The quantitative estimate of drug-likeness (QED) is 0.539. The van der Waals surface area contributed by atoms with Crippen LogP contribution in [0.25, 0.3) is 10.9 Å². The van der Waals surface area contributed by atoms with Gasteiger partial charge in [-0.15, -0.1) is 0 Å². The van der Waals surface area contributed by atoms with E-state index in [0.29, 0.717) is 23.7 Å². The van der Waals surface area contributed by atoms with Gasteiger partial charge in [-0.25, -0.2) is 0 Å². The van der Waals surface area contributed by atoms with E-state index in [1.54, 1.807) is 19.4 Å². The van der Waals surface area contributed by atoms with Crippen LogP contribution in [-0.2, 0) is 9.53 Å². The van der Waals surface area contributed by atoms with E-state index in [2.05, 4.69) is 4.98 Å². The molecule has 1 fully saturated rings. The number of aromatic nitrogens is 1. The number of ketones is 1. The molecule has 1 aromatic heterocycles. The highest BCUT2D eigenvalue weighted by Gasteiger charge is 2.31. The number of fused-ring (bicyclic) bond motifs is 1. The molecule has 1 aromatic carbocycles. The van der Waals surface area contributed by atoms with Gasteiger partial charge >= 0.3 is 5.97 Å². The van der Waals surface area contributed by atoms with Gasteiger partial charge in [-0.05, 0) is 76.6 Å². The van der Waals surface area contributed by atoms with Crippen molar-refractivity contribution < 1.29 is 19.1 Å². The summed E-state index contributed by atoms with van der Waals surface area (Å²) in [7, 11) is 1.61. The lowest BCUT2D eigenvalue weighted by Gasteiger charge is -2.29. The maximum absolute atomic E-state index is 13.0. The first-order chi connectivity index (χ1) is 13.3. The fraction of sp³-hybridized carbons (Fsp3) is 0.522. The molecule has 1 aliphatic carbocycles. The van der Waals surface area contributed by atoms with E-state index >= 15 is 0 Å². The molecule has 0 spiro atoms. The number of pyridine rings is 1. The summed E-state index contributed by atoms with van der Waals surface area (Å²) in [5.41, 5.74) is 1.03. The van der Waals surface area contributed by atoms with E-state index in [-0.39, 0.29) is 17.7 Å². The second-order valence-corrected chi connectivity index (χ2v) is 8.62. The molecule has 0 amide bonds. The van der Waals surface area contributed by atoms with Crippen molar-refractivity contribution in [2.24, 2.45) is 11.8 Å². The first-order valence-electron chi connectivity index (χ1n) is 9.95. The zero-order chi connectivity index (χ0) is 20.3. The van der Waals surface area contributed by atoms with E-state index in [0.717, 1.165) is 36.6 Å². The third-order valence-electron chi connectivity index (χ3n) is 5.31. The highest BCUT2D eigenvalue weighted by atomic mass is 16.6. The smallest absolute Gasteiger partial charge is 0.309 e. The van der Waals surface area contributed by atoms with Crippen molar-refractivity contribution in [3.63, 3.8) is 0 Å². The molecule has 0 radical (unpaired) electrons. The second-order valence-electron chi connectivity index (χ2n) is 8.62. The van der Waals surface area contributed by atoms with Crippen LogP contribution in [-0.4, -0.2) is 29.4 Å². The van der Waals surface area contributed by atoms with Crippen LogP contribution in [0, 0.1) is 11.8 Å². The summed E-state index contributed by atoms with van der Waals surface area (Å²) in [6.07, 6.45) is 5.51. The summed E-state index contributed by atoms with van der Waals surface area (Å²) in [6.45, 7) is 5.68. The van der Waals surface area contributed by atoms with Crippen LogP contribution in [0.5, 0.6) is 5.75 Å². The van der Waals surface area contributed by atoms with Gasteiger partial charge in [0, 0.05) is 23.6 Å². The van der Waals surface area contributed by atoms with Crippen LogP contribution in [0.2, 0.25) is 0 Å². The molecule has 1 aliphatic rings. The van der Waals surface area contributed by atoms with Crippen molar-refractivity contribution >= 4 is 22.7 Å². The number of hydrogen-bond acceptors (Lipinski definition) is 5. The van der Waals surface area contributed by atoms with Gasteiger partial charge < -0.3 is 9.47 Å². The molecule has 1 saturated carbocycles. The number of benzene rings is 1. The molecule has 0 saturated heterocycles. The van der Waals surface area contributed by atoms with Gasteiger partial charge in [0.25, 0.3) is 0 Å². The van der Waals surface area contributed by atoms with Crippen molar-refractivity contribution in [1.29, 1.82) is 0 Å². The van der Waals surface area contributed by atoms with Crippen LogP contribution in [0.4, 0.5) is 0 Å². The molecular formula is C23H29NO4. The van der Waals surface area contributed by atoms with Crippen LogP contribution in [0.3, 0.4) is 0 Å². The number of hydrogen-bond donors (Lipinski definition) is 0. The van der Waals surface area contributed by atoms with Crippen molar-refractivity contribution in [2.45, 2.75) is 58.5 Å². The van der Waals surface area contributed by atoms with Gasteiger partial charge in [-0.1, -0.05) is 0 Å². The third kappa shape index (κ3) is 4.89. The maximum Gasteiger partial charge on any atom is 0.309 e. The van der Waals surface area contributed by atoms with E-state index in [9.17, 15) is 9.59 Å². The fourth-order valence-corrected chi connectivity index (χ4v) is 3.85. The molecule has 2 aromatic rings. The molecule has 5 heteroatoms. The first-order valence-corrected chi connectivity index (χ1v) is 9.95. The monoisotopic (exact) mass is 383 g/mol. The summed E-state index contributed by atoms with van der Waals surface area (Å²) >= 11 is 0. The Hall–Kier alpha value is -2.43. The highest BCUT2D eigenvalue weighted by molar-refractivity contribution is 6.07. The molecular weight excluding hydrogens is 354 g/mol. The average Bonchev–Trinajstić information content (AvgIpc) is 2.66. The predicted octanol–water partition coefficient (Wildman–Crippen LogP) is 4.96. The van der Waals surface area contributed by atoms with E-state index in [1.807, 2.05) is 39.0 Å². The molecule has 0 unspecified atom stereocenters. The lowest BCUT2D eigenvalue weighted by Crippen LogP contribution is -2.31. The van der Waals surface area contributed by atoms with Gasteiger partial charge in [0.05, 0.1) is 18.5 Å². The van der Waals surface area contributed by atoms with Gasteiger partial charge in [0.2, 0.25) is 0 Å². The third-order valence-corrected chi connectivity index (χ3v) is 5.31. The Kier molecular flexibility index (Phi) is 6.01. The van der Waals surface area contributed by atoms with Crippen molar-refractivity contribution in [1.82, 2.24) is 4.98 Å². The number of carbonyl (C=O) groups excluding carboxylic acids is 2. The zero-order valence-corrected chi connectivity index (χ0v) is 17.2. The number of methoxy groups -OCH3 is 1. The van der Waals surface area contributed by atoms with Crippen LogP contribution in [0.15, 0.2) is 30.5 Å². The minimum Gasteiger partial charge on any atom is -0.497 e. The minimum absolute atomic E-state index is 0.0448. The highest BCUT2D eigenvalue weighted by Crippen LogP contribution is 2.34. The Bertz CT molecular complexity index is 861. The molecule has 1 heterocycles. The SMILES string of the molecule is COc1ccc2nccc(C(=O)CC3CCC(C(=O)OC(C)(C)C)CC3)c2c1. The summed E-state index contributed by atoms with van der Waals surface area (Å²) in [6, 6.07) is 7.38. The number of rotatable bonds is 5. The molecule has 150 valence electrons. The minimum atomic E-state index is -0.451. The summed E-state index contributed by atoms with van der Waals surface area (Å²) in [5.74, 6) is 0.995. The number of esters is 1. The van der Waals surface area contributed by atoms with Crippen molar-refractivity contribution in [2.75, 3.05) is 7.11 Å². The number of nitrogens with zero attached hydrogens (tertiary/aromatic N) is 1. The van der Waals surface area contributed by atoms with Gasteiger partial charge in [0.1, 0.15) is 11.4 Å². The van der Waals surface area contributed by atoms with Crippen molar-refractivity contribution in [3.8, 4) is 5.75 Å².